The predicted octanol–water partition coefficient (Wildman–Crippen LogP) is 2.46. The third kappa shape index (κ3) is 2.21. The van der Waals surface area contributed by atoms with Gasteiger partial charge in [0.15, 0.2) is 0 Å². The summed E-state index contributed by atoms with van der Waals surface area (Å²) in [6.07, 6.45) is 5.84. The minimum atomic E-state index is -0.489. The Morgan fingerprint density at radius 2 is 2.18 bits per heavy atom. The molecule has 1 saturated carbocycles. The number of aromatic amines is 1. The van der Waals surface area contributed by atoms with Gasteiger partial charge in [-0.25, -0.2) is 4.39 Å². The summed E-state index contributed by atoms with van der Waals surface area (Å²) >= 11 is 0. The first-order chi connectivity index (χ1) is 10.7. The lowest BCUT2D eigenvalue weighted by atomic mass is 9.87. The molecule has 2 aliphatic carbocycles. The fraction of sp³-hybridized carbons (Fsp3) is 0.412. The molecule has 1 amide bonds. The highest BCUT2D eigenvalue weighted by Gasteiger charge is 2.48. The molecule has 1 heterocycles. The highest BCUT2D eigenvalue weighted by atomic mass is 19.1. The third-order valence-corrected chi connectivity index (χ3v) is 4.89. The van der Waals surface area contributed by atoms with E-state index in [-0.39, 0.29) is 17.6 Å². The van der Waals surface area contributed by atoms with Crippen molar-refractivity contribution in [1.29, 1.82) is 0 Å². The number of hydrogen-bond acceptors (Lipinski definition) is 2. The SMILES string of the molecule is O=C(NC1(c2ccccc2F)CC1)C1CCc2cn[nH]c2C1. The van der Waals surface area contributed by atoms with Crippen LogP contribution in [-0.2, 0) is 23.2 Å². The average Bonchev–Trinajstić information content (AvgIpc) is 3.14. The van der Waals surface area contributed by atoms with Crippen LogP contribution < -0.4 is 5.32 Å². The number of aromatic nitrogens is 2. The molecule has 1 atom stereocenters. The lowest BCUT2D eigenvalue weighted by molar-refractivity contribution is -0.126. The largest absolute Gasteiger partial charge is 0.346 e. The van der Waals surface area contributed by atoms with Gasteiger partial charge in [0, 0.05) is 23.6 Å². The van der Waals surface area contributed by atoms with Crippen LogP contribution in [0.1, 0.15) is 36.1 Å². The molecule has 0 spiro atoms. The van der Waals surface area contributed by atoms with Crippen molar-refractivity contribution in [2.24, 2.45) is 5.92 Å². The van der Waals surface area contributed by atoms with Crippen molar-refractivity contribution < 1.29 is 9.18 Å². The van der Waals surface area contributed by atoms with Crippen LogP contribution in [0, 0.1) is 11.7 Å². The standard InChI is InChI=1S/C17H18FN3O/c18-14-4-2-1-3-13(14)17(7-8-17)20-16(22)11-5-6-12-10-19-21-15(12)9-11/h1-4,10-11H,5-9H2,(H,19,21)(H,20,22). The second-order valence-corrected chi connectivity index (χ2v) is 6.36. The maximum absolute atomic E-state index is 14.0. The van der Waals surface area contributed by atoms with Crippen LogP contribution in [0.15, 0.2) is 30.5 Å². The number of nitrogens with zero attached hydrogens (tertiary/aromatic N) is 1. The fourth-order valence-electron chi connectivity index (χ4n) is 3.41. The summed E-state index contributed by atoms with van der Waals surface area (Å²) in [5.41, 5.74) is 2.39. The number of carbonyl (C=O) groups is 1. The average molecular weight is 299 g/mol. The van der Waals surface area contributed by atoms with Gasteiger partial charge in [0.2, 0.25) is 5.91 Å². The molecule has 2 aromatic rings. The summed E-state index contributed by atoms with van der Waals surface area (Å²) in [7, 11) is 0. The molecule has 2 N–H and O–H groups in total. The molecule has 4 nitrogen and oxygen atoms in total. The number of carbonyl (C=O) groups excluding carboxylic acids is 1. The molecule has 0 bridgehead atoms. The Kier molecular flexibility index (Phi) is 3.03. The highest BCUT2D eigenvalue weighted by molar-refractivity contribution is 5.80. The van der Waals surface area contributed by atoms with Crippen molar-refractivity contribution >= 4 is 5.91 Å². The third-order valence-electron chi connectivity index (χ3n) is 4.89. The number of hydrogen-bond donors (Lipinski definition) is 2. The van der Waals surface area contributed by atoms with Crippen molar-refractivity contribution in [3.8, 4) is 0 Å². The van der Waals surface area contributed by atoms with E-state index in [1.165, 1.54) is 11.6 Å². The zero-order valence-electron chi connectivity index (χ0n) is 12.2. The molecule has 22 heavy (non-hydrogen) atoms. The van der Waals surface area contributed by atoms with Gasteiger partial charge in [0.25, 0.3) is 0 Å². The molecule has 1 aromatic carbocycles. The Morgan fingerprint density at radius 1 is 1.36 bits per heavy atom. The van der Waals surface area contributed by atoms with Gasteiger partial charge in [0.05, 0.1) is 11.7 Å². The molecule has 5 heteroatoms. The van der Waals surface area contributed by atoms with Crippen molar-refractivity contribution in [1.82, 2.24) is 15.5 Å². The molecule has 1 aromatic heterocycles. The van der Waals surface area contributed by atoms with Crippen LogP contribution in [0.2, 0.25) is 0 Å². The Balaban J connectivity index is 1.50. The molecular weight excluding hydrogens is 281 g/mol. The van der Waals surface area contributed by atoms with E-state index in [0.29, 0.717) is 12.0 Å². The highest BCUT2D eigenvalue weighted by Crippen LogP contribution is 2.46. The van der Waals surface area contributed by atoms with E-state index in [2.05, 4.69) is 15.5 Å². The molecule has 1 unspecified atom stereocenters. The number of fused-ring (bicyclic) bond motifs is 1. The van der Waals surface area contributed by atoms with Gasteiger partial charge in [-0.1, -0.05) is 18.2 Å². The summed E-state index contributed by atoms with van der Waals surface area (Å²) in [6, 6.07) is 6.73. The number of H-pyrrole nitrogens is 1. The van der Waals surface area contributed by atoms with E-state index in [1.807, 2.05) is 12.3 Å². The Morgan fingerprint density at radius 3 is 2.95 bits per heavy atom. The lowest BCUT2D eigenvalue weighted by Crippen LogP contribution is -2.41. The summed E-state index contributed by atoms with van der Waals surface area (Å²) in [5.74, 6) is -0.266. The number of amides is 1. The first kappa shape index (κ1) is 13.5. The topological polar surface area (TPSA) is 57.8 Å². The normalized spacial score (nSPS) is 22.0. The Labute approximate surface area is 128 Å². The summed E-state index contributed by atoms with van der Waals surface area (Å²) in [6.45, 7) is 0. The first-order valence-electron chi connectivity index (χ1n) is 7.76. The molecule has 0 radical (unpaired) electrons. The lowest BCUT2D eigenvalue weighted by Gasteiger charge is -2.25. The van der Waals surface area contributed by atoms with Gasteiger partial charge in [-0.2, -0.15) is 5.10 Å². The summed E-state index contributed by atoms with van der Waals surface area (Å²) in [5, 5.41) is 10.1. The first-order valence-corrected chi connectivity index (χ1v) is 7.76. The predicted molar refractivity (Wildman–Crippen MR) is 79.6 cm³/mol. The smallest absolute Gasteiger partial charge is 0.224 e. The van der Waals surface area contributed by atoms with Crippen LogP contribution in [-0.4, -0.2) is 16.1 Å². The second kappa shape index (κ2) is 4.93. The number of nitrogens with one attached hydrogen (secondary N) is 2. The number of benzene rings is 1. The fourth-order valence-corrected chi connectivity index (χ4v) is 3.41. The van der Waals surface area contributed by atoms with Crippen molar-refractivity contribution in [2.75, 3.05) is 0 Å². The number of aryl methyl sites for hydroxylation is 1. The minimum absolute atomic E-state index is 0.0287. The van der Waals surface area contributed by atoms with Gasteiger partial charge in [0.1, 0.15) is 5.82 Å². The molecule has 4 rings (SSSR count). The van der Waals surface area contributed by atoms with Crippen LogP contribution in [0.25, 0.3) is 0 Å². The molecule has 2 aliphatic rings. The monoisotopic (exact) mass is 299 g/mol. The zero-order valence-corrected chi connectivity index (χ0v) is 12.2. The summed E-state index contributed by atoms with van der Waals surface area (Å²) in [4.78, 5) is 12.6. The van der Waals surface area contributed by atoms with E-state index in [4.69, 9.17) is 0 Å². The molecule has 114 valence electrons. The van der Waals surface area contributed by atoms with E-state index < -0.39 is 5.54 Å². The van der Waals surface area contributed by atoms with Gasteiger partial charge in [-0.3, -0.25) is 9.89 Å². The van der Waals surface area contributed by atoms with E-state index in [1.54, 1.807) is 12.1 Å². The zero-order chi connectivity index (χ0) is 15.2. The van der Waals surface area contributed by atoms with Crippen LogP contribution in [0.4, 0.5) is 4.39 Å². The van der Waals surface area contributed by atoms with E-state index in [9.17, 15) is 9.18 Å². The van der Waals surface area contributed by atoms with E-state index in [0.717, 1.165) is 31.4 Å². The molecule has 0 aliphatic heterocycles. The maximum atomic E-state index is 14.0. The van der Waals surface area contributed by atoms with Gasteiger partial charge < -0.3 is 5.32 Å². The van der Waals surface area contributed by atoms with Crippen molar-refractivity contribution in [3.05, 3.63) is 53.1 Å². The molecular formula is C17H18FN3O. The van der Waals surface area contributed by atoms with Crippen molar-refractivity contribution in [2.45, 2.75) is 37.6 Å². The van der Waals surface area contributed by atoms with Gasteiger partial charge in [-0.15, -0.1) is 0 Å². The molecule has 0 saturated heterocycles. The van der Waals surface area contributed by atoms with Gasteiger partial charge >= 0.3 is 0 Å². The van der Waals surface area contributed by atoms with Gasteiger partial charge in [-0.05, 0) is 37.3 Å². The number of halogens is 1. The van der Waals surface area contributed by atoms with Crippen LogP contribution >= 0.6 is 0 Å². The molecule has 1 fully saturated rings. The van der Waals surface area contributed by atoms with E-state index >= 15 is 0 Å². The van der Waals surface area contributed by atoms with Crippen LogP contribution in [0.3, 0.4) is 0 Å². The Bertz CT molecular complexity index is 720. The minimum Gasteiger partial charge on any atom is -0.346 e. The van der Waals surface area contributed by atoms with Crippen molar-refractivity contribution in [3.63, 3.8) is 0 Å². The maximum Gasteiger partial charge on any atom is 0.224 e. The summed E-state index contributed by atoms with van der Waals surface area (Å²) < 4.78 is 14.0. The van der Waals surface area contributed by atoms with Crippen LogP contribution in [0.5, 0.6) is 0 Å². The number of rotatable bonds is 3. The quantitative estimate of drug-likeness (QED) is 0.914. The second-order valence-electron chi connectivity index (χ2n) is 6.36. The Hall–Kier alpha value is -2.17.